The SMILES string of the molecule is COc1ccc(C[C@H](OCc2ccccc2)C(=O)O)cc1Cl. The standard InChI is InChI=1S/C17H17ClO4/c1-21-15-8-7-13(9-14(15)18)10-16(17(19)20)22-11-12-5-3-2-4-6-12/h2-9,16H,10-11H2,1H3,(H,19,20)/t16-/m0/s1. The second kappa shape index (κ2) is 7.82. The summed E-state index contributed by atoms with van der Waals surface area (Å²) in [6, 6.07) is 14.7. The molecular formula is C17H17ClO4. The van der Waals surface area contributed by atoms with Crippen molar-refractivity contribution in [1.82, 2.24) is 0 Å². The third kappa shape index (κ3) is 4.48. The highest BCUT2D eigenvalue weighted by Gasteiger charge is 2.19. The van der Waals surface area contributed by atoms with Gasteiger partial charge in [-0.15, -0.1) is 0 Å². The second-order valence-corrected chi connectivity index (χ2v) is 5.20. The summed E-state index contributed by atoms with van der Waals surface area (Å²) in [6.07, 6.45) is -0.684. The van der Waals surface area contributed by atoms with Gasteiger partial charge in [-0.25, -0.2) is 4.79 Å². The number of benzene rings is 2. The van der Waals surface area contributed by atoms with Crippen molar-refractivity contribution in [3.8, 4) is 5.75 Å². The van der Waals surface area contributed by atoms with Crippen molar-refractivity contribution in [3.63, 3.8) is 0 Å². The number of rotatable bonds is 7. The first kappa shape index (κ1) is 16.3. The Hall–Kier alpha value is -2.04. The molecule has 2 aromatic rings. The molecule has 116 valence electrons. The average Bonchev–Trinajstić information content (AvgIpc) is 2.52. The van der Waals surface area contributed by atoms with E-state index in [4.69, 9.17) is 21.1 Å². The Balaban J connectivity index is 2.02. The van der Waals surface area contributed by atoms with E-state index < -0.39 is 12.1 Å². The predicted octanol–water partition coefficient (Wildman–Crippen LogP) is 3.56. The smallest absolute Gasteiger partial charge is 0.333 e. The summed E-state index contributed by atoms with van der Waals surface area (Å²) in [5, 5.41) is 9.75. The fourth-order valence-corrected chi connectivity index (χ4v) is 2.32. The van der Waals surface area contributed by atoms with Gasteiger partial charge in [0, 0.05) is 6.42 Å². The van der Waals surface area contributed by atoms with Crippen LogP contribution in [-0.4, -0.2) is 24.3 Å². The van der Waals surface area contributed by atoms with Gasteiger partial charge in [0.15, 0.2) is 6.10 Å². The third-order valence-corrected chi connectivity index (χ3v) is 3.50. The van der Waals surface area contributed by atoms with Crippen molar-refractivity contribution in [3.05, 3.63) is 64.7 Å². The molecule has 1 atom stereocenters. The molecule has 0 bridgehead atoms. The van der Waals surface area contributed by atoms with Crippen LogP contribution in [-0.2, 0) is 22.6 Å². The lowest BCUT2D eigenvalue weighted by Gasteiger charge is -2.14. The van der Waals surface area contributed by atoms with Crippen LogP contribution in [0.2, 0.25) is 5.02 Å². The minimum absolute atomic E-state index is 0.242. The molecular weight excluding hydrogens is 304 g/mol. The zero-order chi connectivity index (χ0) is 15.9. The Bertz CT molecular complexity index is 628. The van der Waals surface area contributed by atoms with E-state index in [1.165, 1.54) is 7.11 Å². The Morgan fingerprint density at radius 2 is 1.91 bits per heavy atom. The summed E-state index contributed by atoms with van der Waals surface area (Å²) in [4.78, 5) is 11.4. The summed E-state index contributed by atoms with van der Waals surface area (Å²) >= 11 is 6.05. The highest BCUT2D eigenvalue weighted by molar-refractivity contribution is 6.32. The van der Waals surface area contributed by atoms with Crippen molar-refractivity contribution in [2.45, 2.75) is 19.1 Å². The van der Waals surface area contributed by atoms with E-state index in [0.717, 1.165) is 11.1 Å². The van der Waals surface area contributed by atoms with Crippen molar-refractivity contribution in [2.75, 3.05) is 7.11 Å². The van der Waals surface area contributed by atoms with Crippen LogP contribution in [0.4, 0.5) is 0 Å². The number of ether oxygens (including phenoxy) is 2. The molecule has 0 aliphatic heterocycles. The predicted molar refractivity (Wildman–Crippen MR) is 84.4 cm³/mol. The normalized spacial score (nSPS) is 11.9. The zero-order valence-electron chi connectivity index (χ0n) is 12.2. The summed E-state index contributed by atoms with van der Waals surface area (Å²) in [7, 11) is 1.53. The topological polar surface area (TPSA) is 55.8 Å². The first-order valence-electron chi connectivity index (χ1n) is 6.81. The number of halogens is 1. The highest BCUT2D eigenvalue weighted by atomic mass is 35.5. The van der Waals surface area contributed by atoms with Crippen molar-refractivity contribution in [2.24, 2.45) is 0 Å². The van der Waals surface area contributed by atoms with Gasteiger partial charge in [-0.3, -0.25) is 0 Å². The van der Waals surface area contributed by atoms with E-state index in [2.05, 4.69) is 0 Å². The summed E-state index contributed by atoms with van der Waals surface area (Å²) in [5.74, 6) is -0.439. The Morgan fingerprint density at radius 3 is 2.50 bits per heavy atom. The molecule has 0 amide bonds. The van der Waals surface area contributed by atoms with Gasteiger partial charge in [0.25, 0.3) is 0 Å². The van der Waals surface area contributed by atoms with Crippen LogP contribution in [0, 0.1) is 0 Å². The number of methoxy groups -OCH3 is 1. The number of carbonyl (C=O) groups is 1. The number of carboxylic acid groups (broad SMARTS) is 1. The summed E-state index contributed by atoms with van der Waals surface area (Å²) in [5.41, 5.74) is 1.72. The minimum Gasteiger partial charge on any atom is -0.495 e. The van der Waals surface area contributed by atoms with Gasteiger partial charge in [-0.2, -0.15) is 0 Å². The molecule has 0 aliphatic rings. The van der Waals surface area contributed by atoms with Crippen molar-refractivity contribution < 1.29 is 19.4 Å². The quantitative estimate of drug-likeness (QED) is 0.847. The van der Waals surface area contributed by atoms with Gasteiger partial charge in [-0.1, -0.05) is 48.0 Å². The molecule has 0 spiro atoms. The number of hydrogen-bond acceptors (Lipinski definition) is 3. The first-order valence-corrected chi connectivity index (χ1v) is 7.18. The molecule has 0 saturated heterocycles. The number of aliphatic carboxylic acids is 1. The van der Waals surface area contributed by atoms with Gasteiger partial charge < -0.3 is 14.6 Å². The molecule has 0 unspecified atom stereocenters. The molecule has 1 N–H and O–H groups in total. The number of carboxylic acids is 1. The molecule has 22 heavy (non-hydrogen) atoms. The second-order valence-electron chi connectivity index (χ2n) is 4.80. The van der Waals surface area contributed by atoms with Gasteiger partial charge in [0.2, 0.25) is 0 Å². The molecule has 0 heterocycles. The van der Waals surface area contributed by atoms with Gasteiger partial charge >= 0.3 is 5.97 Å². The lowest BCUT2D eigenvalue weighted by molar-refractivity contribution is -0.151. The monoisotopic (exact) mass is 320 g/mol. The van der Waals surface area contributed by atoms with Crippen LogP contribution in [0.25, 0.3) is 0 Å². The van der Waals surface area contributed by atoms with Crippen LogP contribution in [0.15, 0.2) is 48.5 Å². The molecule has 2 rings (SSSR count). The Labute approximate surface area is 134 Å². The average molecular weight is 321 g/mol. The number of hydrogen-bond donors (Lipinski definition) is 1. The van der Waals surface area contributed by atoms with Crippen molar-refractivity contribution >= 4 is 17.6 Å². The third-order valence-electron chi connectivity index (χ3n) is 3.21. The highest BCUT2D eigenvalue weighted by Crippen LogP contribution is 2.25. The molecule has 4 nitrogen and oxygen atoms in total. The van der Waals surface area contributed by atoms with E-state index in [0.29, 0.717) is 10.8 Å². The van der Waals surface area contributed by atoms with Crippen LogP contribution in [0.5, 0.6) is 5.75 Å². The largest absolute Gasteiger partial charge is 0.495 e. The molecule has 0 radical (unpaired) electrons. The van der Waals surface area contributed by atoms with Crippen LogP contribution >= 0.6 is 11.6 Å². The summed E-state index contributed by atoms with van der Waals surface area (Å²) < 4.78 is 10.6. The fourth-order valence-electron chi connectivity index (χ4n) is 2.04. The van der Waals surface area contributed by atoms with E-state index >= 15 is 0 Å². The van der Waals surface area contributed by atoms with Crippen LogP contribution in [0.1, 0.15) is 11.1 Å². The molecule has 0 fully saturated rings. The van der Waals surface area contributed by atoms with Gasteiger partial charge in [-0.05, 0) is 23.3 Å². The van der Waals surface area contributed by atoms with Crippen molar-refractivity contribution in [1.29, 1.82) is 0 Å². The fraction of sp³-hybridized carbons (Fsp3) is 0.235. The van der Waals surface area contributed by atoms with Crippen LogP contribution in [0.3, 0.4) is 0 Å². The molecule has 2 aromatic carbocycles. The molecule has 0 aliphatic carbocycles. The lowest BCUT2D eigenvalue weighted by atomic mass is 10.1. The maximum absolute atomic E-state index is 11.4. The lowest BCUT2D eigenvalue weighted by Crippen LogP contribution is -2.26. The first-order chi connectivity index (χ1) is 10.6. The van der Waals surface area contributed by atoms with Gasteiger partial charge in [0.05, 0.1) is 18.7 Å². The maximum Gasteiger partial charge on any atom is 0.333 e. The summed E-state index contributed by atoms with van der Waals surface area (Å²) in [6.45, 7) is 0.252. The Kier molecular flexibility index (Phi) is 5.81. The van der Waals surface area contributed by atoms with E-state index in [1.807, 2.05) is 30.3 Å². The van der Waals surface area contributed by atoms with Crippen LogP contribution < -0.4 is 4.74 Å². The zero-order valence-corrected chi connectivity index (χ0v) is 12.9. The molecule has 5 heteroatoms. The minimum atomic E-state index is -0.997. The molecule has 0 aromatic heterocycles. The van der Waals surface area contributed by atoms with Gasteiger partial charge in [0.1, 0.15) is 5.75 Å². The van der Waals surface area contributed by atoms with E-state index in [9.17, 15) is 9.90 Å². The maximum atomic E-state index is 11.4. The van der Waals surface area contributed by atoms with E-state index in [1.54, 1.807) is 18.2 Å². The molecule has 0 saturated carbocycles. The van der Waals surface area contributed by atoms with E-state index in [-0.39, 0.29) is 13.0 Å². The Morgan fingerprint density at radius 1 is 1.18 bits per heavy atom.